The highest BCUT2D eigenvalue weighted by Gasteiger charge is 1.99. The van der Waals surface area contributed by atoms with Gasteiger partial charge < -0.3 is 15.8 Å². The first-order valence-electron chi connectivity index (χ1n) is 6.44. The average molecular weight is 281 g/mol. The van der Waals surface area contributed by atoms with Gasteiger partial charge in [-0.1, -0.05) is 0 Å². The number of aliphatic imine (C=N–C) groups is 1. The Balaban J connectivity index is 2.43. The number of ether oxygens (including phenoxy) is 1. The molecule has 0 amide bonds. The number of nitrogens with two attached hydrogens (primary N) is 1. The molecule has 0 unspecified atom stereocenters. The van der Waals surface area contributed by atoms with E-state index in [1.165, 1.54) is 0 Å². The molecule has 0 saturated carbocycles. The Morgan fingerprint density at radius 1 is 1.37 bits per heavy atom. The highest BCUT2D eigenvalue weighted by molar-refractivity contribution is 7.98. The third kappa shape index (κ3) is 6.96. The lowest BCUT2D eigenvalue weighted by atomic mass is 10.3. The van der Waals surface area contributed by atoms with E-state index in [4.69, 9.17) is 10.5 Å². The summed E-state index contributed by atoms with van der Waals surface area (Å²) in [7, 11) is 0. The molecule has 1 rings (SSSR count). The molecular formula is C14H23N3OS. The van der Waals surface area contributed by atoms with Crippen molar-refractivity contribution < 1.29 is 4.74 Å². The van der Waals surface area contributed by atoms with E-state index >= 15 is 0 Å². The fourth-order valence-electron chi connectivity index (χ4n) is 1.48. The summed E-state index contributed by atoms with van der Waals surface area (Å²) < 4.78 is 5.57. The van der Waals surface area contributed by atoms with Crippen molar-refractivity contribution in [1.29, 1.82) is 0 Å². The normalized spacial score (nSPS) is 11.7. The predicted octanol–water partition coefficient (Wildman–Crippen LogP) is 2.95. The number of hydrogen-bond acceptors (Lipinski definition) is 3. The Kier molecular flexibility index (Phi) is 7.18. The molecular weight excluding hydrogens is 258 g/mol. The molecule has 106 valence electrons. The lowest BCUT2D eigenvalue weighted by molar-refractivity contribution is 0.242. The van der Waals surface area contributed by atoms with E-state index in [1.54, 1.807) is 0 Å². The van der Waals surface area contributed by atoms with E-state index in [0.29, 0.717) is 5.96 Å². The molecule has 4 nitrogen and oxygen atoms in total. The van der Waals surface area contributed by atoms with Crippen LogP contribution in [0.15, 0.2) is 29.3 Å². The van der Waals surface area contributed by atoms with Crippen molar-refractivity contribution >= 4 is 23.4 Å². The minimum Gasteiger partial charge on any atom is -0.491 e. The van der Waals surface area contributed by atoms with Gasteiger partial charge in [0.15, 0.2) is 5.96 Å². The van der Waals surface area contributed by atoms with Crippen LogP contribution in [-0.2, 0) is 0 Å². The fraction of sp³-hybridized carbons (Fsp3) is 0.500. The van der Waals surface area contributed by atoms with Crippen molar-refractivity contribution in [3.63, 3.8) is 0 Å². The zero-order valence-corrected chi connectivity index (χ0v) is 12.7. The van der Waals surface area contributed by atoms with Crippen LogP contribution in [0, 0.1) is 0 Å². The van der Waals surface area contributed by atoms with E-state index in [0.717, 1.165) is 30.2 Å². The van der Waals surface area contributed by atoms with Crippen LogP contribution in [0.3, 0.4) is 0 Å². The molecule has 0 fully saturated rings. The molecule has 0 aliphatic rings. The lowest BCUT2D eigenvalue weighted by Gasteiger charge is -2.10. The van der Waals surface area contributed by atoms with Gasteiger partial charge in [0, 0.05) is 12.2 Å². The third-order valence-electron chi connectivity index (χ3n) is 2.29. The number of anilines is 1. The standard InChI is InChI=1S/C14H23N3OS/c1-11(2)18-13-7-5-12(6-8-13)17-14(15)16-9-4-10-19-3/h5-8,11H,4,9-10H2,1-3H3,(H3,15,16,17). The van der Waals surface area contributed by atoms with Crippen LogP contribution in [0.4, 0.5) is 5.69 Å². The largest absolute Gasteiger partial charge is 0.491 e. The smallest absolute Gasteiger partial charge is 0.193 e. The maximum absolute atomic E-state index is 5.81. The summed E-state index contributed by atoms with van der Waals surface area (Å²) in [6.07, 6.45) is 3.32. The van der Waals surface area contributed by atoms with Crippen LogP contribution in [-0.4, -0.2) is 30.6 Å². The molecule has 0 radical (unpaired) electrons. The summed E-state index contributed by atoms with van der Waals surface area (Å²) in [6.45, 7) is 4.77. The number of hydrogen-bond donors (Lipinski definition) is 2. The number of nitrogens with one attached hydrogen (secondary N) is 1. The van der Waals surface area contributed by atoms with Crippen LogP contribution in [0.2, 0.25) is 0 Å². The van der Waals surface area contributed by atoms with E-state index in [9.17, 15) is 0 Å². The Morgan fingerprint density at radius 2 is 2.05 bits per heavy atom. The molecule has 0 spiro atoms. The van der Waals surface area contributed by atoms with Crippen molar-refractivity contribution in [1.82, 2.24) is 0 Å². The van der Waals surface area contributed by atoms with Crippen molar-refractivity contribution in [2.24, 2.45) is 10.7 Å². The summed E-state index contributed by atoms with van der Waals surface area (Å²) in [5.74, 6) is 2.42. The number of nitrogens with zero attached hydrogens (tertiary/aromatic N) is 1. The third-order valence-corrected chi connectivity index (χ3v) is 2.98. The van der Waals surface area contributed by atoms with E-state index in [-0.39, 0.29) is 6.10 Å². The predicted molar refractivity (Wildman–Crippen MR) is 85.3 cm³/mol. The highest BCUT2D eigenvalue weighted by atomic mass is 32.2. The second kappa shape index (κ2) is 8.69. The van der Waals surface area contributed by atoms with Crippen LogP contribution in [0.5, 0.6) is 5.75 Å². The molecule has 0 bridgehead atoms. The Labute approximate surface area is 119 Å². The lowest BCUT2D eigenvalue weighted by Crippen LogP contribution is -2.22. The van der Waals surface area contributed by atoms with Crippen molar-refractivity contribution in [2.45, 2.75) is 26.4 Å². The first kappa shape index (κ1) is 15.7. The van der Waals surface area contributed by atoms with Crippen LogP contribution < -0.4 is 15.8 Å². The van der Waals surface area contributed by atoms with Gasteiger partial charge in [-0.2, -0.15) is 11.8 Å². The highest BCUT2D eigenvalue weighted by Crippen LogP contribution is 2.16. The Hall–Kier alpha value is -1.36. The Bertz CT molecular complexity index is 390. The Morgan fingerprint density at radius 3 is 2.63 bits per heavy atom. The van der Waals surface area contributed by atoms with E-state index in [1.807, 2.05) is 49.9 Å². The second-order valence-electron chi connectivity index (χ2n) is 4.43. The maximum Gasteiger partial charge on any atom is 0.193 e. The van der Waals surface area contributed by atoms with Gasteiger partial charge in [-0.15, -0.1) is 0 Å². The molecule has 0 atom stereocenters. The van der Waals surface area contributed by atoms with Crippen molar-refractivity contribution in [3.05, 3.63) is 24.3 Å². The second-order valence-corrected chi connectivity index (χ2v) is 5.41. The number of benzene rings is 1. The molecule has 1 aromatic carbocycles. The zero-order valence-electron chi connectivity index (χ0n) is 11.8. The monoisotopic (exact) mass is 281 g/mol. The molecule has 0 aromatic heterocycles. The summed E-state index contributed by atoms with van der Waals surface area (Å²) in [6, 6.07) is 7.71. The van der Waals surface area contributed by atoms with Crippen LogP contribution in [0.25, 0.3) is 0 Å². The van der Waals surface area contributed by atoms with Crippen molar-refractivity contribution in [2.75, 3.05) is 23.9 Å². The van der Waals surface area contributed by atoms with Gasteiger partial charge >= 0.3 is 0 Å². The number of rotatable bonds is 7. The summed E-state index contributed by atoms with van der Waals surface area (Å²) in [5.41, 5.74) is 6.73. The molecule has 0 heterocycles. The van der Waals surface area contributed by atoms with Gasteiger partial charge in [0.2, 0.25) is 0 Å². The topological polar surface area (TPSA) is 59.6 Å². The minimum absolute atomic E-state index is 0.182. The fourth-order valence-corrected chi connectivity index (χ4v) is 1.90. The van der Waals surface area contributed by atoms with Crippen LogP contribution >= 0.6 is 11.8 Å². The molecule has 19 heavy (non-hydrogen) atoms. The summed E-state index contributed by atoms with van der Waals surface area (Å²) >= 11 is 1.82. The van der Waals surface area contributed by atoms with Gasteiger partial charge in [-0.3, -0.25) is 4.99 Å². The molecule has 0 aliphatic heterocycles. The van der Waals surface area contributed by atoms with Gasteiger partial charge in [0.1, 0.15) is 5.75 Å². The van der Waals surface area contributed by atoms with Crippen LogP contribution in [0.1, 0.15) is 20.3 Å². The number of thioether (sulfide) groups is 1. The molecule has 5 heteroatoms. The number of guanidine groups is 1. The van der Waals surface area contributed by atoms with Gasteiger partial charge in [-0.05, 0) is 56.5 Å². The van der Waals surface area contributed by atoms with Gasteiger partial charge in [-0.25, -0.2) is 0 Å². The zero-order chi connectivity index (χ0) is 14.1. The summed E-state index contributed by atoms with van der Waals surface area (Å²) in [5, 5.41) is 3.06. The van der Waals surface area contributed by atoms with Gasteiger partial charge in [0.25, 0.3) is 0 Å². The molecule has 0 saturated heterocycles. The van der Waals surface area contributed by atoms with E-state index < -0.39 is 0 Å². The summed E-state index contributed by atoms with van der Waals surface area (Å²) in [4.78, 5) is 4.27. The first-order chi connectivity index (χ1) is 9.11. The van der Waals surface area contributed by atoms with E-state index in [2.05, 4.69) is 16.6 Å². The minimum atomic E-state index is 0.182. The van der Waals surface area contributed by atoms with Crippen molar-refractivity contribution in [3.8, 4) is 5.75 Å². The molecule has 3 N–H and O–H groups in total. The maximum atomic E-state index is 5.81. The SMILES string of the molecule is CSCCCN=C(N)Nc1ccc(OC(C)C)cc1. The molecule has 0 aliphatic carbocycles. The molecule has 1 aromatic rings. The first-order valence-corrected chi connectivity index (χ1v) is 7.84. The quantitative estimate of drug-likeness (QED) is 0.458. The van der Waals surface area contributed by atoms with Gasteiger partial charge in [0.05, 0.1) is 6.10 Å². The average Bonchev–Trinajstić information content (AvgIpc) is 2.36.